The highest BCUT2D eigenvalue weighted by Crippen LogP contribution is 2.09. The first-order valence-corrected chi connectivity index (χ1v) is 8.59. The summed E-state index contributed by atoms with van der Waals surface area (Å²) in [6, 6.07) is 0. The van der Waals surface area contributed by atoms with E-state index in [2.05, 4.69) is 14.8 Å². The molecule has 6 heteroatoms. The third-order valence-corrected chi connectivity index (χ3v) is 4.21. The van der Waals surface area contributed by atoms with Crippen molar-refractivity contribution in [1.82, 2.24) is 9.80 Å². The molecule has 2 aliphatic heterocycles. The lowest BCUT2D eigenvalue weighted by molar-refractivity contribution is 0.0670. The highest BCUT2D eigenvalue weighted by molar-refractivity contribution is 5.91. The summed E-state index contributed by atoms with van der Waals surface area (Å²) in [7, 11) is 0. The molecule has 22 heavy (non-hydrogen) atoms. The number of piperidine rings is 1. The lowest BCUT2D eigenvalue weighted by Gasteiger charge is -2.29. The molecular formula is C16H29N3O3. The molecule has 0 aromatic carbocycles. The summed E-state index contributed by atoms with van der Waals surface area (Å²) in [5, 5.41) is 0. The zero-order valence-electron chi connectivity index (χ0n) is 13.8. The van der Waals surface area contributed by atoms with Gasteiger partial charge in [0.1, 0.15) is 5.84 Å². The van der Waals surface area contributed by atoms with Crippen molar-refractivity contribution in [2.45, 2.75) is 39.0 Å². The number of aliphatic imine (C=N–C) groups is 1. The molecule has 2 aliphatic rings. The van der Waals surface area contributed by atoms with Crippen LogP contribution in [0.1, 0.15) is 39.0 Å². The normalized spacial score (nSPS) is 21.0. The molecular weight excluding hydrogens is 282 g/mol. The summed E-state index contributed by atoms with van der Waals surface area (Å²) in [4.78, 5) is 20.5. The molecule has 0 aromatic rings. The topological polar surface area (TPSA) is 54.4 Å². The Bertz CT molecular complexity index is 362. The molecule has 2 saturated heterocycles. The zero-order chi connectivity index (χ0) is 15.6. The van der Waals surface area contributed by atoms with Crippen molar-refractivity contribution in [3.8, 4) is 0 Å². The minimum absolute atomic E-state index is 0.456. The predicted molar refractivity (Wildman–Crippen MR) is 86.4 cm³/mol. The van der Waals surface area contributed by atoms with E-state index in [1.165, 1.54) is 32.4 Å². The fourth-order valence-corrected chi connectivity index (χ4v) is 2.96. The number of ether oxygens (including phenoxy) is 2. The average molecular weight is 311 g/mol. The number of likely N-dealkylation sites (tertiary alicyclic amines) is 1. The Morgan fingerprint density at radius 2 is 1.86 bits per heavy atom. The van der Waals surface area contributed by atoms with Gasteiger partial charge in [-0.25, -0.2) is 4.79 Å². The van der Waals surface area contributed by atoms with Gasteiger partial charge >= 0.3 is 6.09 Å². The summed E-state index contributed by atoms with van der Waals surface area (Å²) in [5.74, 6) is 0.810. The Kier molecular flexibility index (Phi) is 7.66. The molecule has 0 saturated carbocycles. The lowest BCUT2D eigenvalue weighted by Crippen LogP contribution is -2.40. The maximum atomic E-state index is 11.8. The van der Waals surface area contributed by atoms with Gasteiger partial charge < -0.3 is 19.3 Å². The Balaban J connectivity index is 1.65. The first kappa shape index (κ1) is 17.2. The van der Waals surface area contributed by atoms with Crippen LogP contribution in [0.3, 0.4) is 0 Å². The Morgan fingerprint density at radius 3 is 2.55 bits per heavy atom. The Hall–Kier alpha value is -1.14. The zero-order valence-corrected chi connectivity index (χ0v) is 13.8. The molecule has 0 aromatic heterocycles. The van der Waals surface area contributed by atoms with E-state index in [1.807, 2.05) is 6.92 Å². The van der Waals surface area contributed by atoms with E-state index in [9.17, 15) is 4.79 Å². The molecule has 0 bridgehead atoms. The monoisotopic (exact) mass is 311 g/mol. The van der Waals surface area contributed by atoms with Gasteiger partial charge in [-0.3, -0.25) is 0 Å². The van der Waals surface area contributed by atoms with E-state index in [0.717, 1.165) is 38.3 Å². The van der Waals surface area contributed by atoms with E-state index in [1.54, 1.807) is 0 Å². The number of morpholine rings is 1. The minimum atomic E-state index is -0.456. The van der Waals surface area contributed by atoms with Gasteiger partial charge in [0.05, 0.1) is 19.8 Å². The SMILES string of the molecule is CC/C(=N/C(=O)OCCCN1CCCCC1)N1CCOCC1. The van der Waals surface area contributed by atoms with Crippen LogP contribution >= 0.6 is 0 Å². The van der Waals surface area contributed by atoms with E-state index < -0.39 is 6.09 Å². The van der Waals surface area contributed by atoms with E-state index in [0.29, 0.717) is 19.8 Å². The van der Waals surface area contributed by atoms with Crippen molar-refractivity contribution in [3.63, 3.8) is 0 Å². The molecule has 126 valence electrons. The van der Waals surface area contributed by atoms with Gasteiger partial charge in [0, 0.05) is 26.1 Å². The van der Waals surface area contributed by atoms with E-state index in [-0.39, 0.29) is 0 Å². The van der Waals surface area contributed by atoms with Crippen LogP contribution in [-0.4, -0.2) is 74.3 Å². The van der Waals surface area contributed by atoms with Crippen LogP contribution in [0.5, 0.6) is 0 Å². The average Bonchev–Trinajstić information content (AvgIpc) is 2.58. The van der Waals surface area contributed by atoms with Gasteiger partial charge in [-0.15, -0.1) is 0 Å². The van der Waals surface area contributed by atoms with Crippen LogP contribution in [0.2, 0.25) is 0 Å². The maximum Gasteiger partial charge on any atom is 0.435 e. The van der Waals surface area contributed by atoms with Crippen LogP contribution in [0, 0.1) is 0 Å². The molecule has 0 radical (unpaired) electrons. The second-order valence-corrected chi connectivity index (χ2v) is 5.85. The number of carbonyl (C=O) groups excluding carboxylic acids is 1. The molecule has 2 fully saturated rings. The summed E-state index contributed by atoms with van der Waals surface area (Å²) in [6.45, 7) is 8.85. The van der Waals surface area contributed by atoms with Crippen molar-refractivity contribution in [2.75, 3.05) is 52.5 Å². The molecule has 2 heterocycles. The van der Waals surface area contributed by atoms with E-state index in [4.69, 9.17) is 9.47 Å². The Morgan fingerprint density at radius 1 is 1.14 bits per heavy atom. The molecule has 2 rings (SSSR count). The molecule has 0 atom stereocenters. The molecule has 0 aliphatic carbocycles. The standard InChI is InChI=1S/C16H29N3O3/c1-2-15(19-10-13-21-14-11-19)17-16(20)22-12-6-9-18-7-4-3-5-8-18/h2-14H2,1H3/b17-15-. The fraction of sp³-hybridized carbons (Fsp3) is 0.875. The summed E-state index contributed by atoms with van der Waals surface area (Å²) >= 11 is 0. The van der Waals surface area contributed by atoms with Crippen LogP contribution in [0.4, 0.5) is 4.79 Å². The first-order chi connectivity index (χ1) is 10.8. The van der Waals surface area contributed by atoms with Crippen LogP contribution in [-0.2, 0) is 9.47 Å². The first-order valence-electron chi connectivity index (χ1n) is 8.59. The van der Waals surface area contributed by atoms with Crippen LogP contribution in [0.25, 0.3) is 0 Å². The number of amides is 1. The molecule has 0 unspecified atom stereocenters. The van der Waals surface area contributed by atoms with Gasteiger partial charge in [0.2, 0.25) is 0 Å². The third-order valence-electron chi connectivity index (χ3n) is 4.21. The summed E-state index contributed by atoms with van der Waals surface area (Å²) in [5.41, 5.74) is 0. The van der Waals surface area contributed by atoms with E-state index >= 15 is 0 Å². The second-order valence-electron chi connectivity index (χ2n) is 5.85. The third kappa shape index (κ3) is 5.93. The lowest BCUT2D eigenvalue weighted by atomic mass is 10.1. The van der Waals surface area contributed by atoms with Gasteiger partial charge in [-0.1, -0.05) is 13.3 Å². The van der Waals surface area contributed by atoms with Crippen LogP contribution in [0.15, 0.2) is 4.99 Å². The summed E-state index contributed by atoms with van der Waals surface area (Å²) in [6.07, 6.45) is 5.11. The van der Waals surface area contributed by atoms with Crippen molar-refractivity contribution in [2.24, 2.45) is 4.99 Å². The number of amidine groups is 1. The maximum absolute atomic E-state index is 11.8. The smallest absolute Gasteiger partial charge is 0.435 e. The van der Waals surface area contributed by atoms with Crippen LogP contribution < -0.4 is 0 Å². The van der Waals surface area contributed by atoms with Gasteiger partial charge in [0.25, 0.3) is 0 Å². The van der Waals surface area contributed by atoms with Gasteiger partial charge in [-0.2, -0.15) is 4.99 Å². The van der Waals surface area contributed by atoms with Crippen molar-refractivity contribution in [3.05, 3.63) is 0 Å². The van der Waals surface area contributed by atoms with Crippen molar-refractivity contribution in [1.29, 1.82) is 0 Å². The predicted octanol–water partition coefficient (Wildman–Crippen LogP) is 2.14. The number of carbonyl (C=O) groups is 1. The number of nitrogens with zero attached hydrogens (tertiary/aromatic N) is 3. The fourth-order valence-electron chi connectivity index (χ4n) is 2.96. The summed E-state index contributed by atoms with van der Waals surface area (Å²) < 4.78 is 10.6. The highest BCUT2D eigenvalue weighted by atomic mass is 16.5. The number of hydrogen-bond acceptors (Lipinski definition) is 4. The van der Waals surface area contributed by atoms with Gasteiger partial charge in [-0.05, 0) is 32.4 Å². The molecule has 0 N–H and O–H groups in total. The highest BCUT2D eigenvalue weighted by Gasteiger charge is 2.15. The largest absolute Gasteiger partial charge is 0.448 e. The van der Waals surface area contributed by atoms with Crippen molar-refractivity contribution < 1.29 is 14.3 Å². The Labute approximate surface area is 133 Å². The quantitative estimate of drug-likeness (QED) is 0.442. The second kappa shape index (κ2) is 9.79. The molecule has 0 spiro atoms. The number of hydrogen-bond donors (Lipinski definition) is 0. The molecule has 1 amide bonds. The minimum Gasteiger partial charge on any atom is -0.448 e. The molecule has 6 nitrogen and oxygen atoms in total. The van der Waals surface area contributed by atoms with Crippen molar-refractivity contribution >= 4 is 11.9 Å². The number of rotatable bonds is 5. The van der Waals surface area contributed by atoms with Gasteiger partial charge in [0.15, 0.2) is 0 Å².